The number of hydrogen-bond acceptors (Lipinski definition) is 9. The summed E-state index contributed by atoms with van der Waals surface area (Å²) in [5.41, 5.74) is -2.40. The Morgan fingerprint density at radius 2 is 1.88 bits per heavy atom. The van der Waals surface area contributed by atoms with E-state index in [1.165, 1.54) is 6.92 Å². The molecule has 2 saturated carbocycles. The van der Waals surface area contributed by atoms with Crippen LogP contribution in [0.5, 0.6) is 0 Å². The number of aliphatic hydroxyl groups is 1. The van der Waals surface area contributed by atoms with Crippen molar-refractivity contribution in [2.75, 3.05) is 13.2 Å². The number of alkyl carbamates (subject to hydrolysis) is 1. The second-order valence-corrected chi connectivity index (χ2v) is 9.33. The molecule has 2 fully saturated rings. The first-order chi connectivity index (χ1) is 15.8. The summed E-state index contributed by atoms with van der Waals surface area (Å²) in [6.07, 6.45) is -1.03. The highest BCUT2D eigenvalue weighted by Gasteiger charge is 2.76. The molecular formula is C22H33N3O9. The predicted octanol–water partition coefficient (Wildman–Crippen LogP) is -0.253. The summed E-state index contributed by atoms with van der Waals surface area (Å²) in [5.74, 6) is -4.96. The van der Waals surface area contributed by atoms with Crippen LogP contribution in [-0.4, -0.2) is 71.4 Å². The molecule has 0 heterocycles. The normalized spacial score (nSPS) is 27.9. The van der Waals surface area contributed by atoms with E-state index in [-0.39, 0.29) is 13.0 Å². The highest BCUT2D eigenvalue weighted by atomic mass is 16.6. The van der Waals surface area contributed by atoms with Gasteiger partial charge in [-0.3, -0.25) is 14.4 Å². The molecule has 0 unspecified atom stereocenters. The largest absolute Gasteiger partial charge is 0.464 e. The van der Waals surface area contributed by atoms with Gasteiger partial charge in [0.2, 0.25) is 11.8 Å². The lowest BCUT2D eigenvalue weighted by Gasteiger charge is -2.32. The third-order valence-electron chi connectivity index (χ3n) is 5.64. The minimum atomic E-state index is -1.66. The van der Waals surface area contributed by atoms with Gasteiger partial charge < -0.3 is 35.3 Å². The standard InChI is InChI=1S/C22H33N3O9/c1-7-32-18(29)15-14-12(26)9-22(16(14)15,19(30)33-8-2)25-17(28)11(3)24-13(27)10-23-20(31)34-21(4,5)6/h7,11-12,14-16,26H,1,8-10H2,2-6H3,(H,23,31)(H,24,27)(H,25,28)/t11-,12-,14-,15-,16-,22-/m0/s1. The minimum Gasteiger partial charge on any atom is -0.464 e. The SMILES string of the molecule is C=COC(=O)[C@H]1[C@H]2[C@@H]1[C@](NC(=O)[C@H](C)NC(=O)CNC(=O)OC(C)(C)C)(C(=O)OCC)C[C@@H]2O. The second-order valence-electron chi connectivity index (χ2n) is 9.33. The quantitative estimate of drug-likeness (QED) is 0.196. The fourth-order valence-electron chi connectivity index (χ4n) is 4.33. The smallest absolute Gasteiger partial charge is 0.408 e. The molecule has 0 radical (unpaired) electrons. The van der Waals surface area contributed by atoms with E-state index in [9.17, 15) is 29.1 Å². The van der Waals surface area contributed by atoms with Crippen LogP contribution in [0.4, 0.5) is 4.79 Å². The summed E-state index contributed by atoms with van der Waals surface area (Å²) < 4.78 is 15.0. The highest BCUT2D eigenvalue weighted by molar-refractivity contribution is 5.95. The topological polar surface area (TPSA) is 169 Å². The second kappa shape index (κ2) is 10.4. The van der Waals surface area contributed by atoms with Crippen molar-refractivity contribution < 1.29 is 43.3 Å². The van der Waals surface area contributed by atoms with Gasteiger partial charge in [-0.25, -0.2) is 9.59 Å². The van der Waals surface area contributed by atoms with E-state index >= 15 is 0 Å². The number of hydrogen-bond donors (Lipinski definition) is 4. The Morgan fingerprint density at radius 3 is 2.44 bits per heavy atom. The fourth-order valence-corrected chi connectivity index (χ4v) is 4.33. The number of esters is 2. The van der Waals surface area contributed by atoms with Crippen LogP contribution >= 0.6 is 0 Å². The summed E-state index contributed by atoms with van der Waals surface area (Å²) in [7, 11) is 0. The number of aliphatic hydroxyl groups excluding tert-OH is 1. The van der Waals surface area contributed by atoms with Crippen LogP contribution < -0.4 is 16.0 Å². The van der Waals surface area contributed by atoms with Crippen molar-refractivity contribution in [2.24, 2.45) is 17.8 Å². The summed E-state index contributed by atoms with van der Waals surface area (Å²) in [6, 6.07) is -1.10. The van der Waals surface area contributed by atoms with Gasteiger partial charge in [0.1, 0.15) is 23.7 Å². The molecule has 0 aromatic carbocycles. The zero-order valence-corrected chi connectivity index (χ0v) is 20.0. The van der Waals surface area contributed by atoms with Crippen molar-refractivity contribution >= 4 is 29.8 Å². The molecule has 34 heavy (non-hydrogen) atoms. The molecule has 0 bridgehead atoms. The molecule has 2 aliphatic carbocycles. The van der Waals surface area contributed by atoms with Crippen LogP contribution in [0.2, 0.25) is 0 Å². The lowest BCUT2D eigenvalue weighted by atomic mass is 9.89. The third kappa shape index (κ3) is 6.04. The lowest BCUT2D eigenvalue weighted by molar-refractivity contribution is -0.156. The minimum absolute atomic E-state index is 0.0222. The third-order valence-corrected chi connectivity index (χ3v) is 5.64. The highest BCUT2D eigenvalue weighted by Crippen LogP contribution is 2.63. The van der Waals surface area contributed by atoms with Crippen LogP contribution in [0.15, 0.2) is 12.8 Å². The summed E-state index contributed by atoms with van der Waals surface area (Å²) in [4.78, 5) is 61.8. The first-order valence-electron chi connectivity index (χ1n) is 11.0. The first-order valence-corrected chi connectivity index (χ1v) is 11.0. The Balaban J connectivity index is 2.05. The van der Waals surface area contributed by atoms with Gasteiger partial charge in [-0.05, 0) is 34.6 Å². The van der Waals surface area contributed by atoms with Gasteiger partial charge >= 0.3 is 18.0 Å². The van der Waals surface area contributed by atoms with E-state index in [1.54, 1.807) is 27.7 Å². The first kappa shape index (κ1) is 27.1. The van der Waals surface area contributed by atoms with Crippen LogP contribution in [0, 0.1) is 17.8 Å². The molecule has 2 rings (SSSR count). The van der Waals surface area contributed by atoms with Crippen molar-refractivity contribution in [1.29, 1.82) is 0 Å². The average molecular weight is 484 g/mol. The lowest BCUT2D eigenvalue weighted by Crippen LogP contribution is -2.61. The van der Waals surface area contributed by atoms with Gasteiger partial charge in [0.15, 0.2) is 0 Å². The molecule has 0 aliphatic heterocycles. The number of amides is 3. The van der Waals surface area contributed by atoms with Crippen molar-refractivity contribution in [1.82, 2.24) is 16.0 Å². The predicted molar refractivity (Wildman–Crippen MR) is 117 cm³/mol. The van der Waals surface area contributed by atoms with E-state index in [2.05, 4.69) is 22.5 Å². The monoisotopic (exact) mass is 483 g/mol. The summed E-state index contributed by atoms with van der Waals surface area (Å²) in [6.45, 7) is 10.9. The van der Waals surface area contributed by atoms with E-state index in [4.69, 9.17) is 14.2 Å². The molecular weight excluding hydrogens is 450 g/mol. The molecule has 0 saturated heterocycles. The molecule has 12 nitrogen and oxygen atoms in total. The maximum Gasteiger partial charge on any atom is 0.408 e. The number of carbonyl (C=O) groups is 5. The molecule has 6 atom stereocenters. The van der Waals surface area contributed by atoms with Gasteiger partial charge in [-0.1, -0.05) is 6.58 Å². The molecule has 0 spiro atoms. The van der Waals surface area contributed by atoms with Crippen LogP contribution in [0.25, 0.3) is 0 Å². The van der Waals surface area contributed by atoms with Gasteiger partial charge in [-0.15, -0.1) is 0 Å². The average Bonchev–Trinajstić information content (AvgIpc) is 3.40. The molecule has 0 aromatic heterocycles. The number of nitrogens with one attached hydrogen (secondary N) is 3. The van der Waals surface area contributed by atoms with Gasteiger partial charge in [0, 0.05) is 18.3 Å². The number of ether oxygens (including phenoxy) is 3. The van der Waals surface area contributed by atoms with Crippen molar-refractivity contribution in [2.45, 2.75) is 64.3 Å². The van der Waals surface area contributed by atoms with Crippen LogP contribution in [-0.2, 0) is 33.4 Å². The Kier molecular flexibility index (Phi) is 8.30. The zero-order chi connectivity index (χ0) is 25.8. The molecule has 0 aromatic rings. The fraction of sp³-hybridized carbons (Fsp3) is 0.682. The number of carbonyl (C=O) groups excluding carboxylic acids is 5. The van der Waals surface area contributed by atoms with Crippen LogP contribution in [0.3, 0.4) is 0 Å². The van der Waals surface area contributed by atoms with Crippen molar-refractivity contribution in [3.63, 3.8) is 0 Å². The van der Waals surface area contributed by atoms with E-state index in [0.29, 0.717) is 0 Å². The molecule has 190 valence electrons. The maximum absolute atomic E-state index is 12.9. The summed E-state index contributed by atoms with van der Waals surface area (Å²) >= 11 is 0. The van der Waals surface area contributed by atoms with Gasteiger partial charge in [-0.2, -0.15) is 0 Å². The summed E-state index contributed by atoms with van der Waals surface area (Å²) in [5, 5.41) is 17.7. The van der Waals surface area contributed by atoms with E-state index in [1.807, 2.05) is 0 Å². The van der Waals surface area contributed by atoms with Gasteiger partial charge in [0.25, 0.3) is 0 Å². The Morgan fingerprint density at radius 1 is 1.24 bits per heavy atom. The van der Waals surface area contributed by atoms with Crippen LogP contribution in [0.1, 0.15) is 41.0 Å². The molecule has 12 heteroatoms. The van der Waals surface area contributed by atoms with Crippen molar-refractivity contribution in [3.8, 4) is 0 Å². The number of rotatable bonds is 9. The Hall–Kier alpha value is -3.15. The zero-order valence-electron chi connectivity index (χ0n) is 20.0. The van der Waals surface area contributed by atoms with E-state index in [0.717, 1.165) is 6.26 Å². The molecule has 4 N–H and O–H groups in total. The Bertz CT molecular complexity index is 853. The van der Waals surface area contributed by atoms with Crippen molar-refractivity contribution in [3.05, 3.63) is 12.8 Å². The molecule has 2 aliphatic rings. The Labute approximate surface area is 197 Å². The molecule has 3 amide bonds. The maximum atomic E-state index is 12.9. The van der Waals surface area contributed by atoms with E-state index < -0.39 is 77.4 Å². The van der Waals surface area contributed by atoms with Gasteiger partial charge in [0.05, 0.1) is 24.9 Å². The number of fused-ring (bicyclic) bond motifs is 1.